The van der Waals surface area contributed by atoms with Crippen molar-refractivity contribution < 1.29 is 4.79 Å². The van der Waals surface area contributed by atoms with E-state index in [-0.39, 0.29) is 5.91 Å². The largest absolute Gasteiger partial charge is 0.351 e. The molecular weight excluding hydrogens is 232 g/mol. The third kappa shape index (κ3) is 2.38. The van der Waals surface area contributed by atoms with E-state index in [9.17, 15) is 4.79 Å². The number of aryl methyl sites for hydroxylation is 2. The van der Waals surface area contributed by atoms with Crippen LogP contribution in [0.5, 0.6) is 0 Å². The maximum absolute atomic E-state index is 12.0. The minimum Gasteiger partial charge on any atom is -0.351 e. The van der Waals surface area contributed by atoms with Crippen molar-refractivity contribution in [2.45, 2.75) is 25.7 Å². The van der Waals surface area contributed by atoms with Gasteiger partial charge in [-0.2, -0.15) is 0 Å². The molecule has 17 heavy (non-hydrogen) atoms. The molecule has 3 rings (SSSR count). The lowest BCUT2D eigenvalue weighted by molar-refractivity contribution is 0.0952. The summed E-state index contributed by atoms with van der Waals surface area (Å²) in [7, 11) is 0. The smallest absolute Gasteiger partial charge is 0.261 e. The summed E-state index contributed by atoms with van der Waals surface area (Å²) in [6.07, 6.45) is 4.77. The first-order chi connectivity index (χ1) is 8.33. The Kier molecular flexibility index (Phi) is 3.16. The number of hydrogen-bond acceptors (Lipinski definition) is 3. The number of nitrogens with one attached hydrogen (secondary N) is 2. The van der Waals surface area contributed by atoms with E-state index >= 15 is 0 Å². The van der Waals surface area contributed by atoms with Crippen LogP contribution < -0.4 is 10.6 Å². The van der Waals surface area contributed by atoms with Gasteiger partial charge >= 0.3 is 0 Å². The van der Waals surface area contributed by atoms with Gasteiger partial charge in [-0.15, -0.1) is 11.3 Å². The molecule has 1 saturated heterocycles. The highest BCUT2D eigenvalue weighted by Gasteiger charge is 2.20. The van der Waals surface area contributed by atoms with Crippen molar-refractivity contribution in [1.29, 1.82) is 0 Å². The second-order valence-corrected chi connectivity index (χ2v) is 6.12. The van der Waals surface area contributed by atoms with Gasteiger partial charge in [0.15, 0.2) is 0 Å². The van der Waals surface area contributed by atoms with Crippen LogP contribution in [0, 0.1) is 5.92 Å². The van der Waals surface area contributed by atoms with Gasteiger partial charge < -0.3 is 10.6 Å². The number of fused-ring (bicyclic) bond motifs is 1. The molecule has 1 unspecified atom stereocenters. The highest BCUT2D eigenvalue weighted by atomic mass is 32.1. The van der Waals surface area contributed by atoms with Crippen LogP contribution in [-0.2, 0) is 12.8 Å². The van der Waals surface area contributed by atoms with Crippen LogP contribution in [0.3, 0.4) is 0 Å². The van der Waals surface area contributed by atoms with Crippen molar-refractivity contribution >= 4 is 17.2 Å². The summed E-state index contributed by atoms with van der Waals surface area (Å²) in [6.45, 7) is 2.95. The molecule has 2 aliphatic rings. The summed E-state index contributed by atoms with van der Waals surface area (Å²) in [5.74, 6) is 0.738. The van der Waals surface area contributed by atoms with Crippen LogP contribution in [0.2, 0.25) is 0 Å². The van der Waals surface area contributed by atoms with Crippen molar-refractivity contribution in [3.8, 4) is 0 Å². The third-order valence-corrected chi connectivity index (χ3v) is 4.92. The summed E-state index contributed by atoms with van der Waals surface area (Å²) >= 11 is 1.68. The minimum atomic E-state index is 0.122. The number of amides is 1. The molecule has 4 heteroatoms. The van der Waals surface area contributed by atoms with E-state index in [0.29, 0.717) is 5.92 Å². The molecule has 2 N–H and O–H groups in total. The average molecular weight is 250 g/mol. The minimum absolute atomic E-state index is 0.122. The topological polar surface area (TPSA) is 41.1 Å². The molecule has 1 aromatic heterocycles. The first kappa shape index (κ1) is 11.2. The molecule has 1 fully saturated rings. The van der Waals surface area contributed by atoms with E-state index in [2.05, 4.69) is 16.7 Å². The fourth-order valence-electron chi connectivity index (χ4n) is 2.65. The molecule has 0 saturated carbocycles. The van der Waals surface area contributed by atoms with Crippen molar-refractivity contribution in [2.75, 3.05) is 19.6 Å². The maximum atomic E-state index is 12.0. The SMILES string of the molecule is O=C(NCC1CCNC1)c1cc2c(s1)CCC2. The van der Waals surface area contributed by atoms with E-state index in [4.69, 9.17) is 0 Å². The van der Waals surface area contributed by atoms with E-state index < -0.39 is 0 Å². The van der Waals surface area contributed by atoms with Gasteiger partial charge in [0.2, 0.25) is 0 Å². The molecule has 2 heterocycles. The Labute approximate surface area is 106 Å². The van der Waals surface area contributed by atoms with E-state index in [1.165, 1.54) is 29.7 Å². The van der Waals surface area contributed by atoms with Gasteiger partial charge in [-0.3, -0.25) is 4.79 Å². The summed E-state index contributed by atoms with van der Waals surface area (Å²) in [5.41, 5.74) is 1.41. The lowest BCUT2D eigenvalue weighted by Gasteiger charge is -2.08. The van der Waals surface area contributed by atoms with Crippen molar-refractivity contribution in [3.63, 3.8) is 0 Å². The number of thiophene rings is 1. The Balaban J connectivity index is 1.57. The average Bonchev–Trinajstić information content (AvgIpc) is 3.01. The quantitative estimate of drug-likeness (QED) is 0.855. The van der Waals surface area contributed by atoms with Crippen molar-refractivity contribution in [2.24, 2.45) is 5.92 Å². The molecular formula is C13H18N2OS. The van der Waals surface area contributed by atoms with Gasteiger partial charge in [0.25, 0.3) is 5.91 Å². The number of hydrogen-bond donors (Lipinski definition) is 2. The second-order valence-electron chi connectivity index (χ2n) is 4.98. The Hall–Kier alpha value is -0.870. The highest BCUT2D eigenvalue weighted by Crippen LogP contribution is 2.30. The van der Waals surface area contributed by atoms with Crippen molar-refractivity contribution in [3.05, 3.63) is 21.4 Å². The molecule has 0 spiro atoms. The summed E-state index contributed by atoms with van der Waals surface area (Å²) < 4.78 is 0. The van der Waals surface area contributed by atoms with Gasteiger partial charge in [0.05, 0.1) is 4.88 Å². The van der Waals surface area contributed by atoms with Crippen LogP contribution in [0.25, 0.3) is 0 Å². The zero-order chi connectivity index (χ0) is 11.7. The molecule has 92 valence electrons. The van der Waals surface area contributed by atoms with E-state index in [0.717, 1.165) is 30.9 Å². The highest BCUT2D eigenvalue weighted by molar-refractivity contribution is 7.14. The van der Waals surface area contributed by atoms with Gasteiger partial charge in [0, 0.05) is 11.4 Å². The number of carbonyl (C=O) groups excluding carboxylic acids is 1. The summed E-state index contributed by atoms with van der Waals surface area (Å²) in [6, 6.07) is 2.09. The van der Waals surface area contributed by atoms with Crippen LogP contribution in [-0.4, -0.2) is 25.5 Å². The van der Waals surface area contributed by atoms with Crippen molar-refractivity contribution in [1.82, 2.24) is 10.6 Å². The predicted molar refractivity (Wildman–Crippen MR) is 69.7 cm³/mol. The third-order valence-electron chi connectivity index (χ3n) is 3.68. The molecule has 1 atom stereocenters. The molecule has 0 bridgehead atoms. The van der Waals surface area contributed by atoms with E-state index in [1.807, 2.05) is 0 Å². The Morgan fingerprint density at radius 1 is 1.53 bits per heavy atom. The Morgan fingerprint density at radius 2 is 2.47 bits per heavy atom. The molecule has 3 nitrogen and oxygen atoms in total. The van der Waals surface area contributed by atoms with Crippen LogP contribution >= 0.6 is 11.3 Å². The lowest BCUT2D eigenvalue weighted by atomic mass is 10.1. The van der Waals surface area contributed by atoms with Crippen LogP contribution in [0.15, 0.2) is 6.07 Å². The molecule has 1 aromatic rings. The zero-order valence-corrected chi connectivity index (χ0v) is 10.7. The van der Waals surface area contributed by atoms with E-state index in [1.54, 1.807) is 11.3 Å². The molecule has 1 aliphatic carbocycles. The normalized spacial score (nSPS) is 22.7. The first-order valence-corrected chi connectivity index (χ1v) is 7.25. The molecule has 1 aliphatic heterocycles. The Morgan fingerprint density at radius 3 is 3.24 bits per heavy atom. The van der Waals surface area contributed by atoms with Gasteiger partial charge in [0.1, 0.15) is 0 Å². The molecule has 0 aromatic carbocycles. The Bertz CT molecular complexity index is 400. The summed E-state index contributed by atoms with van der Waals surface area (Å²) in [4.78, 5) is 14.3. The fraction of sp³-hybridized carbons (Fsp3) is 0.615. The van der Waals surface area contributed by atoms with Gasteiger partial charge in [-0.05, 0) is 56.3 Å². The zero-order valence-electron chi connectivity index (χ0n) is 9.92. The lowest BCUT2D eigenvalue weighted by Crippen LogP contribution is -2.29. The second kappa shape index (κ2) is 4.78. The van der Waals surface area contributed by atoms with Gasteiger partial charge in [-0.25, -0.2) is 0 Å². The monoisotopic (exact) mass is 250 g/mol. The predicted octanol–water partition coefficient (Wildman–Crippen LogP) is 1.58. The standard InChI is InChI=1S/C13H18N2OS/c16-13(15-8-9-4-5-14-7-9)12-6-10-2-1-3-11(10)17-12/h6,9,14H,1-5,7-8H2,(H,15,16). The molecule has 0 radical (unpaired) electrons. The maximum Gasteiger partial charge on any atom is 0.261 e. The number of rotatable bonds is 3. The fourth-order valence-corrected chi connectivity index (χ4v) is 3.82. The van der Waals surface area contributed by atoms with Crippen LogP contribution in [0.1, 0.15) is 33.0 Å². The summed E-state index contributed by atoms with van der Waals surface area (Å²) in [5, 5.41) is 6.38. The molecule has 1 amide bonds. The number of carbonyl (C=O) groups is 1. The van der Waals surface area contributed by atoms with Gasteiger partial charge in [-0.1, -0.05) is 0 Å². The van der Waals surface area contributed by atoms with Crippen LogP contribution in [0.4, 0.5) is 0 Å². The first-order valence-electron chi connectivity index (χ1n) is 6.43.